The van der Waals surface area contributed by atoms with Crippen LogP contribution in [0.1, 0.15) is 0 Å². The van der Waals surface area contributed by atoms with Crippen LogP contribution in [-0.4, -0.2) is 12.5 Å². The van der Waals surface area contributed by atoms with Crippen molar-refractivity contribution < 1.29 is 9.53 Å². The summed E-state index contributed by atoms with van der Waals surface area (Å²) in [6, 6.07) is 22.8. The summed E-state index contributed by atoms with van der Waals surface area (Å²) >= 11 is 7.55. The molecule has 0 bridgehead atoms. The molecule has 0 aromatic heterocycles. The smallest absolute Gasteiger partial charge is 0.269 e. The number of carbonyl (C=O) groups excluding carboxylic acids is 1. The van der Waals surface area contributed by atoms with Crippen LogP contribution in [0.3, 0.4) is 0 Å². The standard InChI is InChI=1S/C20H14ClNO2S/c21-14-9-11-15(12-10-14)24-13-20(23)22-16-5-1-3-7-18(16)25-19-8-4-2-6-17(19)22/h1-12H,13H2. The quantitative estimate of drug-likeness (QED) is 0.608. The second-order valence-electron chi connectivity index (χ2n) is 5.51. The lowest BCUT2D eigenvalue weighted by Gasteiger charge is -2.30. The Bertz CT molecular complexity index is 881. The van der Waals surface area contributed by atoms with E-state index in [1.54, 1.807) is 40.9 Å². The highest BCUT2D eigenvalue weighted by Crippen LogP contribution is 2.47. The monoisotopic (exact) mass is 367 g/mol. The fourth-order valence-corrected chi connectivity index (χ4v) is 3.90. The Hall–Kier alpha value is -2.43. The number of hydrogen-bond donors (Lipinski definition) is 0. The van der Waals surface area contributed by atoms with Gasteiger partial charge >= 0.3 is 0 Å². The van der Waals surface area contributed by atoms with E-state index in [0.29, 0.717) is 10.8 Å². The first-order valence-electron chi connectivity index (χ1n) is 7.79. The normalized spacial score (nSPS) is 12.3. The van der Waals surface area contributed by atoms with Crippen LogP contribution in [0.5, 0.6) is 5.75 Å². The summed E-state index contributed by atoms with van der Waals surface area (Å²) in [6.07, 6.45) is 0. The van der Waals surface area contributed by atoms with Gasteiger partial charge < -0.3 is 4.74 Å². The second kappa shape index (κ2) is 6.82. The SMILES string of the molecule is O=C(COc1ccc(Cl)cc1)N1c2ccccc2Sc2ccccc21. The van der Waals surface area contributed by atoms with E-state index >= 15 is 0 Å². The molecule has 0 saturated heterocycles. The molecule has 1 amide bonds. The Balaban J connectivity index is 1.62. The number of anilines is 2. The van der Waals surface area contributed by atoms with Crippen molar-refractivity contribution in [1.82, 2.24) is 0 Å². The summed E-state index contributed by atoms with van der Waals surface area (Å²) in [6.45, 7) is -0.0467. The number of ether oxygens (including phenoxy) is 1. The number of hydrogen-bond acceptors (Lipinski definition) is 3. The molecule has 0 saturated carbocycles. The van der Waals surface area contributed by atoms with Gasteiger partial charge in [0.1, 0.15) is 5.75 Å². The molecular weight excluding hydrogens is 354 g/mol. The molecule has 25 heavy (non-hydrogen) atoms. The minimum absolute atomic E-state index is 0.0467. The molecule has 0 fully saturated rings. The first-order chi connectivity index (χ1) is 12.2. The van der Waals surface area contributed by atoms with Gasteiger partial charge in [0.2, 0.25) is 0 Å². The Morgan fingerprint density at radius 1 is 0.880 bits per heavy atom. The second-order valence-corrected chi connectivity index (χ2v) is 7.03. The lowest BCUT2D eigenvalue weighted by molar-refractivity contribution is -0.119. The molecule has 0 aliphatic carbocycles. The van der Waals surface area contributed by atoms with Crippen molar-refractivity contribution in [2.75, 3.05) is 11.5 Å². The fraction of sp³-hybridized carbons (Fsp3) is 0.0500. The van der Waals surface area contributed by atoms with Gasteiger partial charge in [0.15, 0.2) is 6.61 Å². The van der Waals surface area contributed by atoms with Crippen LogP contribution >= 0.6 is 23.4 Å². The van der Waals surface area contributed by atoms with Gasteiger partial charge in [0, 0.05) is 14.8 Å². The van der Waals surface area contributed by atoms with E-state index in [1.807, 2.05) is 48.5 Å². The van der Waals surface area contributed by atoms with Gasteiger partial charge in [-0.05, 0) is 48.5 Å². The van der Waals surface area contributed by atoms with Gasteiger partial charge in [0.25, 0.3) is 5.91 Å². The van der Waals surface area contributed by atoms with Gasteiger partial charge in [-0.3, -0.25) is 9.69 Å². The van der Waals surface area contributed by atoms with E-state index in [9.17, 15) is 4.79 Å². The Labute approximate surface area is 155 Å². The zero-order valence-electron chi connectivity index (χ0n) is 13.2. The average molecular weight is 368 g/mol. The molecule has 1 heterocycles. The van der Waals surface area contributed by atoms with E-state index in [0.717, 1.165) is 21.2 Å². The van der Waals surface area contributed by atoms with Crippen molar-refractivity contribution in [1.29, 1.82) is 0 Å². The van der Waals surface area contributed by atoms with E-state index in [-0.39, 0.29) is 12.5 Å². The summed E-state index contributed by atoms with van der Waals surface area (Å²) in [4.78, 5) is 16.8. The van der Waals surface area contributed by atoms with Crippen LogP contribution in [0.15, 0.2) is 82.6 Å². The number of nitrogens with zero attached hydrogens (tertiary/aromatic N) is 1. The zero-order valence-corrected chi connectivity index (χ0v) is 14.8. The number of benzene rings is 3. The average Bonchev–Trinajstić information content (AvgIpc) is 2.65. The maximum absolute atomic E-state index is 12.9. The van der Waals surface area contributed by atoms with Crippen LogP contribution in [0.25, 0.3) is 0 Å². The Morgan fingerprint density at radius 2 is 1.44 bits per heavy atom. The predicted molar refractivity (Wildman–Crippen MR) is 101 cm³/mol. The molecule has 0 radical (unpaired) electrons. The highest BCUT2D eigenvalue weighted by molar-refractivity contribution is 7.99. The Morgan fingerprint density at radius 3 is 2.04 bits per heavy atom. The predicted octanol–water partition coefficient (Wildman–Crippen LogP) is 5.55. The Kier molecular flexibility index (Phi) is 4.38. The fourth-order valence-electron chi connectivity index (χ4n) is 2.71. The maximum Gasteiger partial charge on any atom is 0.269 e. The molecule has 5 heteroatoms. The van der Waals surface area contributed by atoms with Crippen molar-refractivity contribution in [2.45, 2.75) is 9.79 Å². The van der Waals surface area contributed by atoms with Crippen molar-refractivity contribution >= 4 is 40.6 Å². The van der Waals surface area contributed by atoms with Crippen LogP contribution < -0.4 is 9.64 Å². The third kappa shape index (κ3) is 3.23. The zero-order chi connectivity index (χ0) is 17.2. The topological polar surface area (TPSA) is 29.5 Å². The van der Waals surface area contributed by atoms with Crippen molar-refractivity contribution in [2.24, 2.45) is 0 Å². The van der Waals surface area contributed by atoms with E-state index in [2.05, 4.69) is 0 Å². The molecule has 0 unspecified atom stereocenters. The van der Waals surface area contributed by atoms with E-state index in [1.165, 1.54) is 0 Å². The molecule has 3 aromatic carbocycles. The van der Waals surface area contributed by atoms with Crippen molar-refractivity contribution in [3.05, 3.63) is 77.8 Å². The lowest BCUT2D eigenvalue weighted by Crippen LogP contribution is -2.32. The molecule has 1 aliphatic rings. The number of carbonyl (C=O) groups is 1. The van der Waals surface area contributed by atoms with E-state index < -0.39 is 0 Å². The van der Waals surface area contributed by atoms with Gasteiger partial charge in [-0.25, -0.2) is 0 Å². The molecule has 0 atom stereocenters. The molecule has 3 aromatic rings. The number of amides is 1. The molecule has 124 valence electrons. The van der Waals surface area contributed by atoms with Crippen molar-refractivity contribution in [3.8, 4) is 5.75 Å². The van der Waals surface area contributed by atoms with Gasteiger partial charge in [0.05, 0.1) is 11.4 Å². The first kappa shape index (κ1) is 16.1. The largest absolute Gasteiger partial charge is 0.484 e. The van der Waals surface area contributed by atoms with Gasteiger partial charge in [-0.2, -0.15) is 0 Å². The third-order valence-electron chi connectivity index (χ3n) is 3.86. The lowest BCUT2D eigenvalue weighted by atomic mass is 10.2. The van der Waals surface area contributed by atoms with Crippen LogP contribution in [-0.2, 0) is 4.79 Å². The molecule has 0 N–H and O–H groups in total. The minimum Gasteiger partial charge on any atom is -0.484 e. The molecule has 1 aliphatic heterocycles. The number of para-hydroxylation sites is 2. The highest BCUT2D eigenvalue weighted by Gasteiger charge is 2.27. The number of halogens is 1. The molecule has 3 nitrogen and oxygen atoms in total. The van der Waals surface area contributed by atoms with E-state index in [4.69, 9.17) is 16.3 Å². The van der Waals surface area contributed by atoms with Crippen molar-refractivity contribution in [3.63, 3.8) is 0 Å². The number of rotatable bonds is 3. The van der Waals surface area contributed by atoms with Crippen LogP contribution in [0, 0.1) is 0 Å². The first-order valence-corrected chi connectivity index (χ1v) is 8.99. The number of fused-ring (bicyclic) bond motifs is 2. The maximum atomic E-state index is 12.9. The summed E-state index contributed by atoms with van der Waals surface area (Å²) < 4.78 is 5.65. The van der Waals surface area contributed by atoms with Crippen LogP contribution in [0.2, 0.25) is 5.02 Å². The van der Waals surface area contributed by atoms with Gasteiger partial charge in [-0.1, -0.05) is 47.6 Å². The summed E-state index contributed by atoms with van der Waals surface area (Å²) in [5, 5.41) is 0.634. The van der Waals surface area contributed by atoms with Crippen LogP contribution in [0.4, 0.5) is 11.4 Å². The summed E-state index contributed by atoms with van der Waals surface area (Å²) in [5.41, 5.74) is 1.77. The molecule has 0 spiro atoms. The minimum atomic E-state index is -0.116. The third-order valence-corrected chi connectivity index (χ3v) is 5.24. The summed E-state index contributed by atoms with van der Waals surface area (Å²) in [7, 11) is 0. The molecule has 4 rings (SSSR count). The van der Waals surface area contributed by atoms with Gasteiger partial charge in [-0.15, -0.1) is 0 Å². The molecular formula is C20H14ClNO2S. The summed E-state index contributed by atoms with van der Waals surface area (Å²) in [5.74, 6) is 0.501. The highest BCUT2D eigenvalue weighted by atomic mass is 35.5.